The van der Waals surface area contributed by atoms with Crippen molar-refractivity contribution in [2.75, 3.05) is 43.5 Å². The third-order valence-electron chi connectivity index (χ3n) is 6.58. The number of anilines is 2. The molecule has 2 amide bonds. The van der Waals surface area contributed by atoms with Gasteiger partial charge in [0.05, 0.1) is 23.7 Å². The summed E-state index contributed by atoms with van der Waals surface area (Å²) >= 11 is 1.52. The predicted molar refractivity (Wildman–Crippen MR) is 131 cm³/mol. The summed E-state index contributed by atoms with van der Waals surface area (Å²) in [5.41, 5.74) is 3.72. The van der Waals surface area contributed by atoms with E-state index in [1.807, 2.05) is 23.1 Å². The molecular weight excluding hydrogens is 438 g/mol. The summed E-state index contributed by atoms with van der Waals surface area (Å²) in [5, 5.41) is 3.64. The average molecular weight is 468 g/mol. The number of thiophene rings is 1. The summed E-state index contributed by atoms with van der Waals surface area (Å²) in [4.78, 5) is 35.6. The maximum Gasteiger partial charge on any atom is 0.341 e. The molecule has 1 N–H and O–H groups in total. The van der Waals surface area contributed by atoms with E-state index in [9.17, 15) is 9.59 Å². The minimum Gasteiger partial charge on any atom is -0.465 e. The highest BCUT2D eigenvalue weighted by atomic mass is 32.1. The number of nitrogens with one attached hydrogen (secondary N) is 1. The van der Waals surface area contributed by atoms with Gasteiger partial charge in [-0.3, -0.25) is 5.32 Å². The monoisotopic (exact) mass is 467 g/mol. The number of fused-ring (bicyclic) bond motifs is 2. The molecule has 1 aromatic carbocycles. The second-order valence-electron chi connectivity index (χ2n) is 8.46. The molecule has 1 aliphatic heterocycles. The molecule has 2 aromatic heterocycles. The van der Waals surface area contributed by atoms with E-state index in [1.165, 1.54) is 23.3 Å². The van der Waals surface area contributed by atoms with Crippen molar-refractivity contribution in [2.45, 2.75) is 39.2 Å². The lowest BCUT2D eigenvalue weighted by molar-refractivity contribution is 0.0601. The number of benzene rings is 1. The van der Waals surface area contributed by atoms with Crippen LogP contribution in [-0.4, -0.2) is 59.7 Å². The van der Waals surface area contributed by atoms with Crippen LogP contribution in [0.5, 0.6) is 0 Å². The van der Waals surface area contributed by atoms with Crippen molar-refractivity contribution in [3.63, 3.8) is 0 Å². The number of aryl methyl sites for hydroxylation is 2. The van der Waals surface area contributed by atoms with Crippen molar-refractivity contribution in [1.29, 1.82) is 0 Å². The third kappa shape index (κ3) is 3.94. The molecule has 2 aliphatic rings. The van der Waals surface area contributed by atoms with Gasteiger partial charge in [-0.25, -0.2) is 14.6 Å². The topological polar surface area (TPSA) is 79.7 Å². The van der Waals surface area contributed by atoms with Crippen molar-refractivity contribution in [2.24, 2.45) is 0 Å². The van der Waals surface area contributed by atoms with Crippen LogP contribution in [0.4, 0.5) is 15.7 Å². The highest BCUT2D eigenvalue weighted by molar-refractivity contribution is 7.17. The van der Waals surface area contributed by atoms with E-state index in [4.69, 9.17) is 9.72 Å². The van der Waals surface area contributed by atoms with E-state index in [-0.39, 0.29) is 12.0 Å². The summed E-state index contributed by atoms with van der Waals surface area (Å²) in [6.45, 7) is 5.58. The van der Waals surface area contributed by atoms with Crippen LogP contribution < -0.4 is 10.2 Å². The van der Waals surface area contributed by atoms with Crippen LogP contribution in [0.25, 0.3) is 11.0 Å². The van der Waals surface area contributed by atoms with Crippen LogP contribution >= 0.6 is 11.3 Å². The molecule has 33 heavy (non-hydrogen) atoms. The molecule has 1 aliphatic carbocycles. The quantitative estimate of drug-likeness (QED) is 0.584. The Morgan fingerprint density at radius 1 is 1.12 bits per heavy atom. The van der Waals surface area contributed by atoms with Crippen LogP contribution in [0.2, 0.25) is 0 Å². The van der Waals surface area contributed by atoms with Crippen LogP contribution in [-0.2, 0) is 24.1 Å². The normalized spacial score (nSPS) is 16.1. The first-order valence-corrected chi connectivity index (χ1v) is 12.4. The Balaban J connectivity index is 1.29. The van der Waals surface area contributed by atoms with E-state index >= 15 is 0 Å². The Kier molecular flexibility index (Phi) is 5.97. The van der Waals surface area contributed by atoms with Gasteiger partial charge in [-0.2, -0.15) is 0 Å². The molecular formula is C24H29N5O3S. The summed E-state index contributed by atoms with van der Waals surface area (Å²) in [7, 11) is 1.39. The molecule has 174 valence electrons. The first-order valence-electron chi connectivity index (χ1n) is 11.6. The Morgan fingerprint density at radius 2 is 1.88 bits per heavy atom. The fourth-order valence-corrected chi connectivity index (χ4v) is 6.14. The number of para-hydroxylation sites is 2. The number of hydrogen-bond acceptors (Lipinski definition) is 6. The number of esters is 1. The molecule has 3 aromatic rings. The van der Waals surface area contributed by atoms with Crippen molar-refractivity contribution in [3.05, 3.63) is 40.3 Å². The second-order valence-corrected chi connectivity index (χ2v) is 9.56. The predicted octanol–water partition coefficient (Wildman–Crippen LogP) is 4.14. The van der Waals surface area contributed by atoms with E-state index in [0.29, 0.717) is 36.7 Å². The highest BCUT2D eigenvalue weighted by Crippen LogP contribution is 2.38. The zero-order valence-corrected chi connectivity index (χ0v) is 19.9. The average Bonchev–Trinajstić information content (AvgIpc) is 3.41. The number of carbonyl (C=O) groups is 2. The molecule has 1 saturated heterocycles. The lowest BCUT2D eigenvalue weighted by Crippen LogP contribution is -2.50. The van der Waals surface area contributed by atoms with Crippen LogP contribution in [0.1, 0.15) is 40.6 Å². The maximum atomic E-state index is 13.1. The zero-order chi connectivity index (χ0) is 22.9. The summed E-state index contributed by atoms with van der Waals surface area (Å²) < 4.78 is 7.25. The maximum absolute atomic E-state index is 13.1. The largest absolute Gasteiger partial charge is 0.465 e. The Hall–Kier alpha value is -3.07. The fourth-order valence-electron chi connectivity index (χ4n) is 4.87. The van der Waals surface area contributed by atoms with Crippen molar-refractivity contribution >= 4 is 45.3 Å². The Labute approximate surface area is 197 Å². The standard InChI is InChI=1S/C24H29N5O3S/c1-3-29-18-10-6-5-9-17(18)25-23(29)27-12-14-28(15-13-27)24(31)26-21-20(22(30)32-2)16-8-4-7-11-19(16)33-21/h5-6,9-10H,3-4,7-8,11-15H2,1-2H3,(H,26,31). The van der Waals surface area contributed by atoms with Crippen LogP contribution in [0, 0.1) is 0 Å². The molecule has 0 unspecified atom stereocenters. The zero-order valence-electron chi connectivity index (χ0n) is 19.1. The first-order chi connectivity index (χ1) is 16.1. The minimum absolute atomic E-state index is 0.164. The molecule has 0 radical (unpaired) electrons. The number of aromatic nitrogens is 2. The van der Waals surface area contributed by atoms with Gasteiger partial charge < -0.3 is 19.1 Å². The van der Waals surface area contributed by atoms with Gasteiger partial charge in [0.25, 0.3) is 0 Å². The molecule has 1 fully saturated rings. The number of rotatable bonds is 4. The molecule has 0 bridgehead atoms. The van der Waals surface area contributed by atoms with Crippen molar-refractivity contribution < 1.29 is 14.3 Å². The molecule has 3 heterocycles. The van der Waals surface area contributed by atoms with Gasteiger partial charge in [-0.15, -0.1) is 11.3 Å². The van der Waals surface area contributed by atoms with Crippen LogP contribution in [0.15, 0.2) is 24.3 Å². The van der Waals surface area contributed by atoms with Gasteiger partial charge in [-0.05, 0) is 50.3 Å². The van der Waals surface area contributed by atoms with Gasteiger partial charge in [0.2, 0.25) is 5.95 Å². The van der Waals surface area contributed by atoms with Crippen molar-refractivity contribution in [1.82, 2.24) is 14.5 Å². The number of carbonyl (C=O) groups excluding carboxylic acids is 2. The number of methoxy groups -OCH3 is 1. The first kappa shape index (κ1) is 21.8. The smallest absolute Gasteiger partial charge is 0.341 e. The molecule has 5 rings (SSSR count). The molecule has 0 spiro atoms. The third-order valence-corrected chi connectivity index (χ3v) is 7.79. The Morgan fingerprint density at radius 3 is 2.64 bits per heavy atom. The number of amides is 2. The van der Waals surface area contributed by atoms with Crippen molar-refractivity contribution in [3.8, 4) is 0 Å². The van der Waals surface area contributed by atoms with E-state index in [1.54, 1.807) is 0 Å². The minimum atomic E-state index is -0.368. The van der Waals surface area contributed by atoms with Gasteiger partial charge in [0, 0.05) is 37.6 Å². The lowest BCUT2D eigenvalue weighted by Gasteiger charge is -2.35. The van der Waals surface area contributed by atoms with E-state index < -0.39 is 0 Å². The number of piperazine rings is 1. The van der Waals surface area contributed by atoms with Gasteiger partial charge >= 0.3 is 12.0 Å². The van der Waals surface area contributed by atoms with E-state index in [2.05, 4.69) is 27.8 Å². The molecule has 0 saturated carbocycles. The molecule has 8 nitrogen and oxygen atoms in total. The number of ether oxygens (including phenoxy) is 1. The number of imidazole rings is 1. The Bertz CT molecular complexity index is 1190. The highest BCUT2D eigenvalue weighted by Gasteiger charge is 2.29. The lowest BCUT2D eigenvalue weighted by atomic mass is 9.95. The van der Waals surface area contributed by atoms with Gasteiger partial charge in [0.15, 0.2) is 0 Å². The summed E-state index contributed by atoms with van der Waals surface area (Å²) in [6, 6.07) is 8.01. The number of nitrogens with zero attached hydrogens (tertiary/aromatic N) is 4. The van der Waals surface area contributed by atoms with E-state index in [0.717, 1.165) is 54.8 Å². The second kappa shape index (κ2) is 9.05. The molecule has 0 atom stereocenters. The molecule has 9 heteroatoms. The number of urea groups is 1. The fraction of sp³-hybridized carbons (Fsp3) is 0.458. The summed E-state index contributed by atoms with van der Waals surface area (Å²) in [6.07, 6.45) is 4.00. The van der Waals surface area contributed by atoms with Gasteiger partial charge in [0.1, 0.15) is 5.00 Å². The van der Waals surface area contributed by atoms with Crippen LogP contribution in [0.3, 0.4) is 0 Å². The number of hydrogen-bond donors (Lipinski definition) is 1. The SMILES string of the molecule is CCn1c(N2CCN(C(=O)Nc3sc4c(c3C(=O)OC)CCCC4)CC2)nc2ccccc21. The van der Waals surface area contributed by atoms with Gasteiger partial charge in [-0.1, -0.05) is 12.1 Å². The summed E-state index contributed by atoms with van der Waals surface area (Å²) in [5.74, 6) is 0.589.